The van der Waals surface area contributed by atoms with E-state index in [0.717, 1.165) is 0 Å². The van der Waals surface area contributed by atoms with Gasteiger partial charge in [0.2, 0.25) is 0 Å². The van der Waals surface area contributed by atoms with Crippen LogP contribution in [0.15, 0.2) is 0 Å². The zero-order chi connectivity index (χ0) is 8.62. The minimum Gasteiger partial charge on any atom is -0.396 e. The molecule has 0 aliphatic carbocycles. The van der Waals surface area contributed by atoms with Crippen molar-refractivity contribution < 1.29 is 14.8 Å². The summed E-state index contributed by atoms with van der Waals surface area (Å²) in [6, 6.07) is 0. The topological polar surface area (TPSA) is 136 Å². The number of hydrogen-bond donors (Lipinski definition) is 5. The van der Waals surface area contributed by atoms with E-state index in [9.17, 15) is 4.57 Å². The Bertz CT molecular complexity index is 92.9. The molecule has 0 saturated heterocycles. The Morgan fingerprint density at radius 1 is 1.10 bits per heavy atom. The van der Waals surface area contributed by atoms with Crippen molar-refractivity contribution in [2.24, 2.45) is 16.5 Å². The summed E-state index contributed by atoms with van der Waals surface area (Å²) in [6.07, 6.45) is 0.500. The lowest BCUT2D eigenvalue weighted by atomic mass is 10.5. The number of rotatable bonds is 2. The molecule has 0 aliphatic heterocycles. The summed E-state index contributed by atoms with van der Waals surface area (Å²) in [7, 11) is -3.14. The molecule has 0 unspecified atom stereocenters. The Labute approximate surface area is 59.5 Å². The normalized spacial score (nSPS) is 10.1. The van der Waals surface area contributed by atoms with Gasteiger partial charge in [-0.15, -0.1) is 0 Å². The minimum absolute atomic E-state index is 0.0938. The van der Waals surface area contributed by atoms with Crippen molar-refractivity contribution in [3.05, 3.63) is 0 Å². The van der Waals surface area contributed by atoms with Crippen molar-refractivity contribution in [1.29, 1.82) is 0 Å². The molecule has 0 aromatic heterocycles. The second-order valence-corrected chi connectivity index (χ2v) is 3.09. The zero-order valence-corrected chi connectivity index (χ0v) is 6.50. The van der Waals surface area contributed by atoms with Gasteiger partial charge in [-0.25, -0.2) is 0 Å². The highest BCUT2D eigenvalue weighted by Gasteiger charge is 1.90. The fraction of sp³-hybridized carbons (Fsp3) is 1.00. The Balaban J connectivity index is 0. The highest BCUT2D eigenvalue weighted by molar-refractivity contribution is 7.56. The van der Waals surface area contributed by atoms with Crippen molar-refractivity contribution in [3.63, 3.8) is 0 Å². The van der Waals surface area contributed by atoms with E-state index < -0.39 is 7.59 Å². The van der Waals surface area contributed by atoms with Crippen LogP contribution < -0.4 is 16.5 Å². The van der Waals surface area contributed by atoms with Crippen molar-refractivity contribution in [2.45, 2.75) is 6.42 Å². The molecular formula is C3H14N3O3P. The fourth-order valence-corrected chi connectivity index (χ4v) is 0.0707. The Hall–Kier alpha value is 0.0300. The van der Waals surface area contributed by atoms with Gasteiger partial charge in [0.05, 0.1) is 0 Å². The van der Waals surface area contributed by atoms with E-state index in [2.05, 4.69) is 16.5 Å². The lowest BCUT2D eigenvalue weighted by Gasteiger charge is -1.88. The molecule has 0 atom stereocenters. The van der Waals surface area contributed by atoms with Gasteiger partial charge in [-0.05, 0) is 6.42 Å². The van der Waals surface area contributed by atoms with E-state index in [1.807, 2.05) is 0 Å². The van der Waals surface area contributed by atoms with Crippen molar-refractivity contribution in [1.82, 2.24) is 0 Å². The molecule has 0 aromatic carbocycles. The third-order valence-electron chi connectivity index (χ3n) is 0.316. The van der Waals surface area contributed by atoms with Gasteiger partial charge in [0.15, 0.2) is 0 Å². The Morgan fingerprint density at radius 2 is 1.30 bits per heavy atom. The van der Waals surface area contributed by atoms with Gasteiger partial charge in [0, 0.05) is 13.2 Å². The van der Waals surface area contributed by atoms with Crippen LogP contribution >= 0.6 is 7.59 Å². The van der Waals surface area contributed by atoms with E-state index in [0.29, 0.717) is 6.42 Å². The molecule has 0 amide bonds. The molecular weight excluding hydrogens is 157 g/mol. The minimum atomic E-state index is -3.14. The summed E-state index contributed by atoms with van der Waals surface area (Å²) in [5.74, 6) is 0. The molecule has 10 heavy (non-hydrogen) atoms. The van der Waals surface area contributed by atoms with E-state index in [1.165, 1.54) is 0 Å². The largest absolute Gasteiger partial charge is 0.396 e. The zero-order valence-electron chi connectivity index (χ0n) is 5.60. The van der Waals surface area contributed by atoms with E-state index in [1.54, 1.807) is 0 Å². The second kappa shape index (κ2) is 7.14. The monoisotopic (exact) mass is 171 g/mol. The molecule has 64 valence electrons. The van der Waals surface area contributed by atoms with Gasteiger partial charge in [-0.1, -0.05) is 0 Å². The molecule has 0 rings (SSSR count). The van der Waals surface area contributed by atoms with Crippen molar-refractivity contribution in [3.8, 4) is 0 Å². The van der Waals surface area contributed by atoms with Gasteiger partial charge < -0.3 is 10.2 Å². The molecule has 0 heterocycles. The molecule has 0 radical (unpaired) electrons. The highest BCUT2D eigenvalue weighted by atomic mass is 31.2. The van der Waals surface area contributed by atoms with E-state index >= 15 is 0 Å². The highest BCUT2D eigenvalue weighted by Crippen LogP contribution is 2.06. The Kier molecular flexibility index (Phi) is 9.06. The van der Waals surface area contributed by atoms with Gasteiger partial charge in [-0.3, -0.25) is 21.1 Å². The predicted molar refractivity (Wildman–Crippen MR) is 39.0 cm³/mol. The summed E-state index contributed by atoms with van der Waals surface area (Å²) in [4.78, 5) is 0. The van der Waals surface area contributed by atoms with Gasteiger partial charge >= 0.3 is 0 Å². The second-order valence-electron chi connectivity index (χ2n) is 1.56. The molecule has 0 fully saturated rings. The SMILES string of the molecule is NP(N)(N)=O.OCCCO. The van der Waals surface area contributed by atoms with Crippen LogP contribution in [0, 0.1) is 0 Å². The summed E-state index contributed by atoms with van der Waals surface area (Å²) >= 11 is 0. The maximum atomic E-state index is 9.55. The van der Waals surface area contributed by atoms with Crippen LogP contribution in [0.5, 0.6) is 0 Å². The van der Waals surface area contributed by atoms with Crippen molar-refractivity contribution in [2.75, 3.05) is 13.2 Å². The van der Waals surface area contributed by atoms with E-state index in [4.69, 9.17) is 10.2 Å². The first-order chi connectivity index (χ1) is 4.41. The number of aliphatic hydroxyl groups excluding tert-OH is 2. The van der Waals surface area contributed by atoms with Crippen LogP contribution in [0.2, 0.25) is 0 Å². The maximum absolute atomic E-state index is 9.55. The quantitative estimate of drug-likeness (QED) is 0.315. The molecule has 0 aromatic rings. The molecule has 7 heteroatoms. The summed E-state index contributed by atoms with van der Waals surface area (Å²) in [5, 5.41) is 15.8. The van der Waals surface area contributed by atoms with Crippen LogP contribution in [0.4, 0.5) is 0 Å². The molecule has 0 bridgehead atoms. The summed E-state index contributed by atoms with van der Waals surface area (Å²) in [6.45, 7) is 0.188. The number of hydrogen-bond acceptors (Lipinski definition) is 3. The van der Waals surface area contributed by atoms with Gasteiger partial charge in [0.25, 0.3) is 7.59 Å². The molecule has 0 aliphatic rings. The third-order valence-corrected chi connectivity index (χ3v) is 0.316. The molecule has 8 N–H and O–H groups in total. The van der Waals surface area contributed by atoms with Crippen LogP contribution in [0.1, 0.15) is 6.42 Å². The van der Waals surface area contributed by atoms with Gasteiger partial charge in [-0.2, -0.15) is 0 Å². The summed E-state index contributed by atoms with van der Waals surface area (Å²) in [5.41, 5.74) is 13.4. The smallest absolute Gasteiger partial charge is 0.271 e. The molecule has 6 nitrogen and oxygen atoms in total. The molecule has 0 saturated carbocycles. The third kappa shape index (κ3) is 96.3. The Morgan fingerprint density at radius 3 is 1.30 bits per heavy atom. The van der Waals surface area contributed by atoms with Crippen LogP contribution in [0.25, 0.3) is 0 Å². The number of nitrogens with two attached hydrogens (primary N) is 3. The maximum Gasteiger partial charge on any atom is 0.271 e. The number of aliphatic hydroxyl groups is 2. The molecule has 0 spiro atoms. The van der Waals surface area contributed by atoms with E-state index in [-0.39, 0.29) is 13.2 Å². The predicted octanol–water partition coefficient (Wildman–Crippen LogP) is -1.67. The average molecular weight is 171 g/mol. The summed E-state index contributed by atoms with van der Waals surface area (Å²) < 4.78 is 9.55. The average Bonchev–Trinajstić information content (AvgIpc) is 1.63. The van der Waals surface area contributed by atoms with Crippen LogP contribution in [0.3, 0.4) is 0 Å². The lowest BCUT2D eigenvalue weighted by molar-refractivity contribution is 0.221. The van der Waals surface area contributed by atoms with Crippen LogP contribution in [-0.2, 0) is 4.57 Å². The van der Waals surface area contributed by atoms with Crippen molar-refractivity contribution >= 4 is 7.59 Å². The van der Waals surface area contributed by atoms with Crippen LogP contribution in [-0.4, -0.2) is 23.4 Å². The first-order valence-electron chi connectivity index (χ1n) is 2.59. The van der Waals surface area contributed by atoms with Gasteiger partial charge in [0.1, 0.15) is 0 Å². The lowest BCUT2D eigenvalue weighted by Crippen LogP contribution is -2.12. The first kappa shape index (κ1) is 12.7. The standard InChI is InChI=1S/C3H8O2.H6N3OP/c4-2-1-3-5;1-5(2,3)4/h4-5H,1-3H2;(H6,1,2,3,4). The first-order valence-corrected chi connectivity index (χ1v) is 4.50. The fourth-order valence-electron chi connectivity index (χ4n) is 0.0707.